The number of aryl methyl sites for hydroxylation is 1. The van der Waals surface area contributed by atoms with E-state index >= 15 is 0 Å². The molecule has 2 heterocycles. The molecule has 4 rings (SSSR count). The quantitative estimate of drug-likeness (QED) is 0.370. The number of hydrogen-bond acceptors (Lipinski definition) is 6. The Morgan fingerprint density at radius 1 is 1.32 bits per heavy atom. The van der Waals surface area contributed by atoms with Gasteiger partial charge in [0.15, 0.2) is 0 Å². The van der Waals surface area contributed by atoms with Gasteiger partial charge < -0.3 is 9.53 Å². The van der Waals surface area contributed by atoms with Gasteiger partial charge >= 0.3 is 0 Å². The Balaban J connectivity index is 1.59. The first kappa shape index (κ1) is 17.6. The molecule has 0 saturated heterocycles. The molecule has 134 valence electrons. The number of halogens is 1. The molecule has 0 N–H and O–H groups in total. The minimum Gasteiger partial charge on any atom is -0.474 e. The molecule has 0 aliphatic heterocycles. The van der Waals surface area contributed by atoms with E-state index in [-0.39, 0.29) is 6.10 Å². The Morgan fingerprint density at radius 2 is 2.12 bits per heavy atom. The van der Waals surface area contributed by atoms with Crippen LogP contribution in [0.15, 0.2) is 6.33 Å². The third kappa shape index (κ3) is 3.42. The molecule has 1 saturated carbocycles. The fourth-order valence-electron chi connectivity index (χ4n) is 4.16. The van der Waals surface area contributed by atoms with Crippen molar-refractivity contribution in [3.8, 4) is 5.88 Å². The molecule has 2 aliphatic carbocycles. The third-order valence-corrected chi connectivity index (χ3v) is 7.46. The van der Waals surface area contributed by atoms with E-state index in [1.807, 2.05) is 0 Å². The van der Waals surface area contributed by atoms with E-state index in [4.69, 9.17) is 4.74 Å². The molecule has 2 aromatic heterocycles. The topological polar surface area (TPSA) is 55.3 Å². The van der Waals surface area contributed by atoms with Crippen molar-refractivity contribution in [2.75, 3.05) is 7.05 Å². The minimum atomic E-state index is 0.229. The number of thiophene rings is 1. The van der Waals surface area contributed by atoms with Gasteiger partial charge in [-0.15, -0.1) is 11.3 Å². The number of fused-ring (bicyclic) bond motifs is 3. The Kier molecular flexibility index (Phi) is 5.24. The predicted octanol–water partition coefficient (Wildman–Crippen LogP) is 4.28. The lowest BCUT2D eigenvalue weighted by Crippen LogP contribution is -2.33. The van der Waals surface area contributed by atoms with Crippen molar-refractivity contribution in [1.82, 2.24) is 13.1 Å². The van der Waals surface area contributed by atoms with E-state index < -0.39 is 0 Å². The fourth-order valence-corrected chi connectivity index (χ4v) is 5.95. The van der Waals surface area contributed by atoms with E-state index in [1.54, 1.807) is 17.7 Å². The number of carbonyl (C=O) groups is 1. The second-order valence-electron chi connectivity index (χ2n) is 7.01. The Labute approximate surface area is 165 Å². The van der Waals surface area contributed by atoms with Gasteiger partial charge in [-0.2, -0.15) is 0 Å². The van der Waals surface area contributed by atoms with Crippen molar-refractivity contribution in [3.05, 3.63) is 16.8 Å². The highest BCUT2D eigenvalue weighted by molar-refractivity contribution is 14.1. The highest BCUT2D eigenvalue weighted by Crippen LogP contribution is 2.47. The normalized spacial score (nSPS) is 26.1. The van der Waals surface area contributed by atoms with Gasteiger partial charge in [0.2, 0.25) is 5.88 Å². The highest BCUT2D eigenvalue weighted by atomic mass is 127. The van der Waals surface area contributed by atoms with Gasteiger partial charge in [-0.25, -0.2) is 13.1 Å². The predicted molar refractivity (Wildman–Crippen MR) is 108 cm³/mol. The smallest absolute Gasteiger partial charge is 0.225 e. The Hall–Kier alpha value is -0.800. The number of aldehydes is 1. The average molecular weight is 471 g/mol. The third-order valence-electron chi connectivity index (χ3n) is 5.50. The maximum atomic E-state index is 11.1. The van der Waals surface area contributed by atoms with E-state index in [0.29, 0.717) is 18.4 Å². The van der Waals surface area contributed by atoms with Crippen LogP contribution in [0.5, 0.6) is 5.88 Å². The Bertz CT molecular complexity index is 771. The molecule has 0 radical (unpaired) electrons. The van der Waals surface area contributed by atoms with Gasteiger partial charge in [-0.1, -0.05) is 0 Å². The summed E-state index contributed by atoms with van der Waals surface area (Å²) in [5, 5.41) is 1.07. The first-order chi connectivity index (χ1) is 12.2. The zero-order valence-electron chi connectivity index (χ0n) is 14.3. The number of rotatable bonds is 5. The first-order valence-electron chi connectivity index (χ1n) is 8.92. The standard InChI is InChI=1S/C18H22IN3O2S/c1-22(19)12-3-5-13(6-4-12)24-17-16-15-11(8-9-23)2-7-14(15)25-18(16)21-10-20-17/h9-13H,2-8H2,1H3/t11-,12-,13-/m1/s1. The van der Waals surface area contributed by atoms with Gasteiger partial charge in [-0.05, 0) is 57.1 Å². The lowest BCUT2D eigenvalue weighted by molar-refractivity contribution is -0.108. The lowest BCUT2D eigenvalue weighted by atomic mass is 9.93. The van der Waals surface area contributed by atoms with Crippen LogP contribution < -0.4 is 4.74 Å². The number of carbonyl (C=O) groups excluding carboxylic acids is 1. The summed E-state index contributed by atoms with van der Waals surface area (Å²) in [6, 6.07) is 0.647. The monoisotopic (exact) mass is 471 g/mol. The summed E-state index contributed by atoms with van der Waals surface area (Å²) in [6.45, 7) is 0. The summed E-state index contributed by atoms with van der Waals surface area (Å²) < 4.78 is 8.64. The molecule has 2 aliphatic rings. The van der Waals surface area contributed by atoms with E-state index in [2.05, 4.69) is 43.0 Å². The molecule has 0 spiro atoms. The molecule has 1 fully saturated rings. The molecular formula is C18H22IN3O2S. The second-order valence-corrected chi connectivity index (χ2v) is 9.61. The Morgan fingerprint density at radius 3 is 2.84 bits per heavy atom. The van der Waals surface area contributed by atoms with Crippen LogP contribution in [-0.2, 0) is 11.2 Å². The SMILES string of the molecule is CN(I)[C@H]1CC[C@H](Oc2ncnc3sc4c(c23)[C@@H](CC=O)CC4)CC1. The van der Waals surface area contributed by atoms with Crippen molar-refractivity contribution >= 4 is 50.7 Å². The molecular weight excluding hydrogens is 449 g/mol. The highest BCUT2D eigenvalue weighted by Gasteiger charge is 2.31. The van der Waals surface area contributed by atoms with Crippen LogP contribution in [0.2, 0.25) is 0 Å². The van der Waals surface area contributed by atoms with E-state index in [9.17, 15) is 4.79 Å². The molecule has 2 aromatic rings. The lowest BCUT2D eigenvalue weighted by Gasteiger charge is -2.31. The first-order valence-corrected chi connectivity index (χ1v) is 10.7. The zero-order valence-corrected chi connectivity index (χ0v) is 17.3. The van der Waals surface area contributed by atoms with Crippen LogP contribution in [0.25, 0.3) is 10.2 Å². The number of nitrogens with zero attached hydrogens (tertiary/aromatic N) is 3. The molecule has 7 heteroatoms. The molecule has 0 unspecified atom stereocenters. The van der Waals surface area contributed by atoms with Crippen molar-refractivity contribution in [3.63, 3.8) is 0 Å². The number of aromatic nitrogens is 2. The summed E-state index contributed by atoms with van der Waals surface area (Å²) in [4.78, 5) is 22.4. The summed E-state index contributed by atoms with van der Waals surface area (Å²) in [5.41, 5.74) is 1.28. The maximum absolute atomic E-state index is 11.1. The molecule has 0 aromatic carbocycles. The van der Waals surface area contributed by atoms with Gasteiger partial charge in [0.25, 0.3) is 0 Å². The fraction of sp³-hybridized carbons (Fsp3) is 0.611. The summed E-state index contributed by atoms with van der Waals surface area (Å²) in [6.07, 6.45) is 10.0. The van der Waals surface area contributed by atoms with Crippen LogP contribution >= 0.6 is 34.2 Å². The van der Waals surface area contributed by atoms with Crippen LogP contribution in [0.1, 0.15) is 54.9 Å². The molecule has 0 bridgehead atoms. The van der Waals surface area contributed by atoms with Crippen molar-refractivity contribution in [1.29, 1.82) is 0 Å². The summed E-state index contributed by atoms with van der Waals surface area (Å²) in [7, 11) is 2.14. The van der Waals surface area contributed by atoms with Crippen molar-refractivity contribution in [2.45, 2.75) is 63.0 Å². The average Bonchev–Trinajstić information content (AvgIpc) is 3.16. The second kappa shape index (κ2) is 7.44. The van der Waals surface area contributed by atoms with Crippen LogP contribution in [0.3, 0.4) is 0 Å². The zero-order chi connectivity index (χ0) is 17.4. The summed E-state index contributed by atoms with van der Waals surface area (Å²) >= 11 is 4.12. The van der Waals surface area contributed by atoms with Gasteiger partial charge in [0.1, 0.15) is 23.5 Å². The van der Waals surface area contributed by atoms with Gasteiger partial charge in [0, 0.05) is 40.2 Å². The maximum Gasteiger partial charge on any atom is 0.225 e. The molecule has 25 heavy (non-hydrogen) atoms. The number of hydrogen-bond donors (Lipinski definition) is 0. The number of ether oxygens (including phenoxy) is 1. The molecule has 1 atom stereocenters. The van der Waals surface area contributed by atoms with E-state index in [0.717, 1.165) is 60.9 Å². The van der Waals surface area contributed by atoms with Gasteiger partial charge in [0.05, 0.1) is 5.39 Å². The van der Waals surface area contributed by atoms with Gasteiger partial charge in [-0.3, -0.25) is 0 Å². The van der Waals surface area contributed by atoms with Crippen molar-refractivity contribution < 1.29 is 9.53 Å². The van der Waals surface area contributed by atoms with E-state index in [1.165, 1.54) is 10.4 Å². The van der Waals surface area contributed by atoms with Crippen LogP contribution in [0, 0.1) is 0 Å². The molecule has 0 amide bonds. The summed E-state index contributed by atoms with van der Waals surface area (Å²) in [5.74, 6) is 1.03. The van der Waals surface area contributed by atoms with Crippen molar-refractivity contribution in [2.24, 2.45) is 0 Å². The molecule has 5 nitrogen and oxygen atoms in total. The minimum absolute atomic E-state index is 0.229. The largest absolute Gasteiger partial charge is 0.474 e. The van der Waals surface area contributed by atoms with Crippen LogP contribution in [-0.4, -0.2) is 38.6 Å². The van der Waals surface area contributed by atoms with Crippen LogP contribution in [0.4, 0.5) is 0 Å².